The fourth-order valence-corrected chi connectivity index (χ4v) is 2.49. The van der Waals surface area contributed by atoms with E-state index in [1.807, 2.05) is 64.8 Å². The molecular weight excluding hydrogens is 270 g/mol. The molecule has 1 fully saturated rings. The minimum absolute atomic E-state index is 0.0499. The molecule has 118 valence electrons. The van der Waals surface area contributed by atoms with Gasteiger partial charge in [-0.15, -0.1) is 4.68 Å². The van der Waals surface area contributed by atoms with Gasteiger partial charge in [-0.05, 0) is 34.6 Å². The van der Waals surface area contributed by atoms with Gasteiger partial charge >= 0.3 is 6.09 Å². The van der Waals surface area contributed by atoms with Crippen LogP contribution in [0.25, 0.3) is 0 Å². The maximum Gasteiger partial charge on any atom is 0.412 e. The molecular formula is C15H26N3O3+. The second kappa shape index (κ2) is 5.33. The largest absolute Gasteiger partial charge is 0.444 e. The van der Waals surface area contributed by atoms with Crippen LogP contribution in [0.15, 0.2) is 18.5 Å². The molecule has 1 aromatic heterocycles. The first-order chi connectivity index (χ1) is 9.58. The standard InChI is InChI=1S/C15H26N3O3/c1-14(2,3)21-13(19)18-11-12(20-15(18,4)5)10-17-9-7-8-16(17)6/h7-9,12H,10-11H2,1-6H3/q+1. The van der Waals surface area contributed by atoms with Crippen molar-refractivity contribution in [2.75, 3.05) is 6.54 Å². The van der Waals surface area contributed by atoms with Gasteiger partial charge in [0.1, 0.15) is 24.0 Å². The zero-order valence-electron chi connectivity index (χ0n) is 13.8. The van der Waals surface area contributed by atoms with Crippen LogP contribution < -0.4 is 4.68 Å². The molecule has 0 spiro atoms. The van der Waals surface area contributed by atoms with Gasteiger partial charge in [0.2, 0.25) is 0 Å². The molecule has 1 amide bonds. The molecule has 2 rings (SSSR count). The van der Waals surface area contributed by atoms with Crippen LogP contribution in [0, 0.1) is 0 Å². The van der Waals surface area contributed by atoms with Crippen molar-refractivity contribution < 1.29 is 19.0 Å². The Morgan fingerprint density at radius 2 is 2.14 bits per heavy atom. The lowest BCUT2D eigenvalue weighted by Crippen LogP contribution is -2.46. The third kappa shape index (κ3) is 3.75. The maximum atomic E-state index is 12.3. The van der Waals surface area contributed by atoms with Gasteiger partial charge in [0.25, 0.3) is 0 Å². The number of aromatic nitrogens is 2. The molecule has 1 saturated heterocycles. The summed E-state index contributed by atoms with van der Waals surface area (Å²) in [7, 11) is 1.98. The van der Waals surface area contributed by atoms with E-state index in [0.29, 0.717) is 13.1 Å². The Hall–Kier alpha value is -1.56. The van der Waals surface area contributed by atoms with E-state index in [-0.39, 0.29) is 12.2 Å². The van der Waals surface area contributed by atoms with Crippen LogP contribution in [0.2, 0.25) is 0 Å². The molecule has 21 heavy (non-hydrogen) atoms. The number of rotatable bonds is 2. The molecule has 0 aromatic carbocycles. The summed E-state index contributed by atoms with van der Waals surface area (Å²) in [5.41, 5.74) is -1.16. The van der Waals surface area contributed by atoms with Crippen molar-refractivity contribution in [3.05, 3.63) is 18.5 Å². The number of hydrogen-bond acceptors (Lipinski definition) is 3. The van der Waals surface area contributed by atoms with E-state index in [2.05, 4.69) is 4.68 Å². The van der Waals surface area contributed by atoms with E-state index >= 15 is 0 Å². The topological polar surface area (TPSA) is 47.6 Å². The highest BCUT2D eigenvalue weighted by atomic mass is 16.6. The molecule has 6 nitrogen and oxygen atoms in total. The van der Waals surface area contributed by atoms with Gasteiger partial charge in [-0.1, -0.05) is 0 Å². The number of nitrogens with zero attached hydrogens (tertiary/aromatic N) is 3. The zero-order valence-corrected chi connectivity index (χ0v) is 13.8. The minimum atomic E-state index is -0.654. The number of amides is 1. The molecule has 1 aliphatic rings. The molecule has 2 heterocycles. The summed E-state index contributed by atoms with van der Waals surface area (Å²) >= 11 is 0. The lowest BCUT2D eigenvalue weighted by atomic mass is 10.2. The lowest BCUT2D eigenvalue weighted by Gasteiger charge is -2.31. The number of carbonyl (C=O) groups excluding carboxylic acids is 1. The van der Waals surface area contributed by atoms with Crippen molar-refractivity contribution in [3.63, 3.8) is 0 Å². The van der Waals surface area contributed by atoms with E-state index in [1.54, 1.807) is 4.90 Å². The second-order valence-corrected chi connectivity index (χ2v) is 6.96. The van der Waals surface area contributed by atoms with Crippen LogP contribution in [0.1, 0.15) is 34.6 Å². The third-order valence-corrected chi connectivity index (χ3v) is 3.46. The van der Waals surface area contributed by atoms with Crippen molar-refractivity contribution in [2.24, 2.45) is 7.05 Å². The highest BCUT2D eigenvalue weighted by molar-refractivity contribution is 5.69. The average molecular weight is 296 g/mol. The van der Waals surface area contributed by atoms with Gasteiger partial charge in [-0.3, -0.25) is 4.90 Å². The molecule has 1 unspecified atom stereocenters. The Bertz CT molecular complexity index is 516. The molecule has 0 bridgehead atoms. The van der Waals surface area contributed by atoms with Crippen LogP contribution in [0.4, 0.5) is 4.79 Å². The van der Waals surface area contributed by atoms with Gasteiger partial charge in [-0.2, -0.15) is 4.68 Å². The van der Waals surface area contributed by atoms with Crippen LogP contribution in [0.5, 0.6) is 0 Å². The number of aryl methyl sites for hydroxylation is 1. The first-order valence-corrected chi connectivity index (χ1v) is 7.28. The summed E-state index contributed by atoms with van der Waals surface area (Å²) in [4.78, 5) is 14.0. The highest BCUT2D eigenvalue weighted by Gasteiger charge is 2.44. The van der Waals surface area contributed by atoms with Gasteiger partial charge in [-0.25, -0.2) is 4.79 Å². The first kappa shape index (κ1) is 15.8. The van der Waals surface area contributed by atoms with Crippen LogP contribution in [0.3, 0.4) is 0 Å². The van der Waals surface area contributed by atoms with Gasteiger partial charge < -0.3 is 9.47 Å². The number of carbonyl (C=O) groups is 1. The van der Waals surface area contributed by atoms with Crippen molar-refractivity contribution in [2.45, 2.75) is 58.6 Å². The van der Waals surface area contributed by atoms with E-state index in [4.69, 9.17) is 9.47 Å². The molecule has 1 aromatic rings. The molecule has 0 radical (unpaired) electrons. The molecule has 6 heteroatoms. The average Bonchev–Trinajstić information content (AvgIpc) is 2.81. The Labute approximate surface area is 126 Å². The Morgan fingerprint density at radius 1 is 1.48 bits per heavy atom. The Morgan fingerprint density at radius 3 is 2.67 bits per heavy atom. The van der Waals surface area contributed by atoms with E-state index in [9.17, 15) is 4.79 Å². The summed E-state index contributed by atoms with van der Waals surface area (Å²) in [6.07, 6.45) is 3.59. The smallest absolute Gasteiger partial charge is 0.412 e. The summed E-state index contributed by atoms with van der Waals surface area (Å²) < 4.78 is 15.5. The zero-order chi connectivity index (χ0) is 15.8. The molecule has 0 saturated carbocycles. The maximum absolute atomic E-state index is 12.3. The predicted octanol–water partition coefficient (Wildman–Crippen LogP) is 1.68. The molecule has 1 atom stereocenters. The minimum Gasteiger partial charge on any atom is -0.444 e. The second-order valence-electron chi connectivity index (χ2n) is 6.96. The number of hydrogen-bond donors (Lipinski definition) is 0. The SMILES string of the molecule is C[n+]1cccn1CC1CN(C(=O)OC(C)(C)C)C(C)(C)O1. The van der Waals surface area contributed by atoms with Crippen molar-refractivity contribution >= 4 is 6.09 Å². The molecule has 0 N–H and O–H groups in total. The van der Waals surface area contributed by atoms with Crippen molar-refractivity contribution in [1.29, 1.82) is 0 Å². The van der Waals surface area contributed by atoms with E-state index in [1.165, 1.54) is 0 Å². The third-order valence-electron chi connectivity index (χ3n) is 3.46. The summed E-state index contributed by atoms with van der Waals surface area (Å²) in [5, 5.41) is 0. The fourth-order valence-electron chi connectivity index (χ4n) is 2.49. The normalized spacial score (nSPS) is 21.6. The van der Waals surface area contributed by atoms with Crippen LogP contribution in [-0.2, 0) is 23.1 Å². The Kier molecular flexibility index (Phi) is 4.02. The van der Waals surface area contributed by atoms with E-state index < -0.39 is 11.3 Å². The van der Waals surface area contributed by atoms with Gasteiger partial charge in [0.15, 0.2) is 13.2 Å². The number of ether oxygens (including phenoxy) is 2. The van der Waals surface area contributed by atoms with Gasteiger partial charge in [0, 0.05) is 6.07 Å². The van der Waals surface area contributed by atoms with Gasteiger partial charge in [0.05, 0.1) is 12.7 Å². The van der Waals surface area contributed by atoms with Crippen molar-refractivity contribution in [1.82, 2.24) is 9.58 Å². The summed E-state index contributed by atoms with van der Waals surface area (Å²) in [5.74, 6) is 0. The lowest BCUT2D eigenvalue weighted by molar-refractivity contribution is -0.754. The van der Waals surface area contributed by atoms with Crippen LogP contribution in [-0.4, -0.2) is 39.6 Å². The quantitative estimate of drug-likeness (QED) is 0.780. The van der Waals surface area contributed by atoms with Crippen molar-refractivity contribution in [3.8, 4) is 0 Å². The Balaban J connectivity index is 2.04. The fraction of sp³-hybridized carbons (Fsp3) is 0.733. The summed E-state index contributed by atoms with van der Waals surface area (Å²) in [6.45, 7) is 10.6. The highest BCUT2D eigenvalue weighted by Crippen LogP contribution is 2.29. The monoisotopic (exact) mass is 296 g/mol. The summed E-state index contributed by atoms with van der Waals surface area (Å²) in [6, 6.07) is 1.98. The van der Waals surface area contributed by atoms with E-state index in [0.717, 1.165) is 0 Å². The molecule has 0 aliphatic carbocycles. The first-order valence-electron chi connectivity index (χ1n) is 7.28. The predicted molar refractivity (Wildman–Crippen MR) is 77.5 cm³/mol. The molecule has 1 aliphatic heterocycles. The van der Waals surface area contributed by atoms with Crippen LogP contribution >= 0.6 is 0 Å².